The van der Waals surface area contributed by atoms with Crippen molar-refractivity contribution in [3.63, 3.8) is 0 Å². The van der Waals surface area contributed by atoms with E-state index in [0.29, 0.717) is 31.7 Å². The summed E-state index contributed by atoms with van der Waals surface area (Å²) >= 11 is 1.39. The highest BCUT2D eigenvalue weighted by Gasteiger charge is 2.27. The monoisotopic (exact) mass is 480 g/mol. The van der Waals surface area contributed by atoms with Gasteiger partial charge in [0.2, 0.25) is 15.9 Å². The van der Waals surface area contributed by atoms with Crippen molar-refractivity contribution in [2.45, 2.75) is 73.9 Å². The maximum atomic E-state index is 13.1. The van der Waals surface area contributed by atoms with Gasteiger partial charge in [-0.05, 0) is 57.7 Å². The second-order valence-electron chi connectivity index (χ2n) is 8.39. The number of hydrogen-bond donors (Lipinski definition) is 1. The number of aryl methyl sites for hydroxylation is 1. The van der Waals surface area contributed by atoms with E-state index in [-0.39, 0.29) is 22.2 Å². The van der Waals surface area contributed by atoms with Gasteiger partial charge in [-0.15, -0.1) is 0 Å². The number of hydrogen-bond acceptors (Lipinski definition) is 6. The molecule has 8 nitrogen and oxygen atoms in total. The van der Waals surface area contributed by atoms with E-state index in [9.17, 15) is 13.2 Å². The number of ether oxygens (including phenoxy) is 1. The fourth-order valence-electron chi connectivity index (χ4n) is 4.27. The van der Waals surface area contributed by atoms with Crippen LogP contribution in [0.4, 0.5) is 0 Å². The topological polar surface area (TPSA) is 93.5 Å². The van der Waals surface area contributed by atoms with Crippen LogP contribution >= 0.6 is 11.8 Å². The third-order valence-corrected chi connectivity index (χ3v) is 9.12. The van der Waals surface area contributed by atoms with Gasteiger partial charge in [-0.2, -0.15) is 4.31 Å². The van der Waals surface area contributed by atoms with Crippen molar-refractivity contribution in [1.29, 1.82) is 0 Å². The lowest BCUT2D eigenvalue weighted by Crippen LogP contribution is -2.36. The standard InChI is InChI=1S/C22H32N4O4S2/c1-3-26-20-10-9-18(32(28,29)25-11-5-4-6-12-25)14-19(20)24-22(26)31-16(2)21(27)23-15-17-8-7-13-30-17/h9-10,14,16-17H,3-8,11-13,15H2,1-2H3,(H,23,27)/t16-,17-/m0/s1. The molecule has 0 unspecified atom stereocenters. The SMILES string of the molecule is CCn1c(S[C@@H](C)C(=O)NC[C@@H]2CCCO2)nc2cc(S(=O)(=O)N3CCCCC3)ccc21. The van der Waals surface area contributed by atoms with Crippen LogP contribution in [0.15, 0.2) is 28.3 Å². The van der Waals surface area contributed by atoms with Crippen LogP contribution in [0.1, 0.15) is 46.0 Å². The fraction of sp³-hybridized carbons (Fsp3) is 0.636. The van der Waals surface area contributed by atoms with E-state index in [2.05, 4.69) is 5.32 Å². The van der Waals surface area contributed by atoms with Crippen LogP contribution in [-0.2, 0) is 26.1 Å². The van der Waals surface area contributed by atoms with E-state index >= 15 is 0 Å². The van der Waals surface area contributed by atoms with Gasteiger partial charge in [0, 0.05) is 32.8 Å². The van der Waals surface area contributed by atoms with Crippen molar-refractivity contribution in [3.05, 3.63) is 18.2 Å². The normalized spacial score (nSPS) is 21.1. The minimum absolute atomic E-state index is 0.0476. The number of carbonyl (C=O) groups excluding carboxylic acids is 1. The van der Waals surface area contributed by atoms with Gasteiger partial charge in [-0.1, -0.05) is 18.2 Å². The molecule has 2 aromatic rings. The van der Waals surface area contributed by atoms with Crippen LogP contribution in [0.25, 0.3) is 11.0 Å². The third kappa shape index (κ3) is 4.98. The molecule has 4 rings (SSSR count). The zero-order chi connectivity index (χ0) is 22.7. The molecule has 0 radical (unpaired) electrons. The Kier molecular flexibility index (Phi) is 7.44. The largest absolute Gasteiger partial charge is 0.376 e. The van der Waals surface area contributed by atoms with E-state index in [0.717, 1.165) is 49.4 Å². The Hall–Kier alpha value is -1.62. The van der Waals surface area contributed by atoms with Crippen molar-refractivity contribution in [1.82, 2.24) is 19.2 Å². The Morgan fingerprint density at radius 2 is 2.06 bits per heavy atom. The number of imidazole rings is 1. The molecule has 2 aliphatic rings. The summed E-state index contributed by atoms with van der Waals surface area (Å²) in [6, 6.07) is 5.17. The maximum absolute atomic E-state index is 13.1. The maximum Gasteiger partial charge on any atom is 0.243 e. The molecule has 0 aliphatic carbocycles. The number of benzene rings is 1. The summed E-state index contributed by atoms with van der Waals surface area (Å²) in [6.45, 7) is 7.01. The second kappa shape index (κ2) is 10.1. The van der Waals surface area contributed by atoms with Crippen molar-refractivity contribution in [3.8, 4) is 0 Å². The van der Waals surface area contributed by atoms with Crippen LogP contribution in [0.2, 0.25) is 0 Å². The van der Waals surface area contributed by atoms with Crippen LogP contribution in [-0.4, -0.2) is 65.8 Å². The average Bonchev–Trinajstić information content (AvgIpc) is 3.44. The summed E-state index contributed by atoms with van der Waals surface area (Å²) in [7, 11) is -3.51. The van der Waals surface area contributed by atoms with Crippen LogP contribution in [0.5, 0.6) is 0 Å². The molecule has 0 saturated carbocycles. The Morgan fingerprint density at radius 3 is 2.75 bits per heavy atom. The predicted octanol–water partition coefficient (Wildman–Crippen LogP) is 3.01. The van der Waals surface area contributed by atoms with Crippen molar-refractivity contribution < 1.29 is 17.9 Å². The molecule has 0 spiro atoms. The van der Waals surface area contributed by atoms with E-state index in [4.69, 9.17) is 9.72 Å². The van der Waals surface area contributed by atoms with Crippen molar-refractivity contribution >= 4 is 38.7 Å². The molecule has 3 heterocycles. The van der Waals surface area contributed by atoms with Gasteiger partial charge in [0.05, 0.1) is 27.3 Å². The zero-order valence-corrected chi connectivity index (χ0v) is 20.4. The highest BCUT2D eigenvalue weighted by molar-refractivity contribution is 8.00. The molecule has 0 bridgehead atoms. The third-order valence-electron chi connectivity index (χ3n) is 6.13. The first-order valence-electron chi connectivity index (χ1n) is 11.5. The van der Waals surface area contributed by atoms with E-state index < -0.39 is 10.0 Å². The number of nitrogens with zero attached hydrogens (tertiary/aromatic N) is 3. The fourth-order valence-corrected chi connectivity index (χ4v) is 6.82. The zero-order valence-electron chi connectivity index (χ0n) is 18.7. The molecule has 2 saturated heterocycles. The van der Waals surface area contributed by atoms with Crippen molar-refractivity contribution in [2.24, 2.45) is 0 Å². The summed E-state index contributed by atoms with van der Waals surface area (Å²) in [5.41, 5.74) is 1.51. The Bertz CT molecular complexity index is 1060. The quantitative estimate of drug-likeness (QED) is 0.584. The average molecular weight is 481 g/mol. The minimum atomic E-state index is -3.51. The molecule has 10 heteroatoms. The molecule has 1 N–H and O–H groups in total. The number of rotatable bonds is 8. The lowest BCUT2D eigenvalue weighted by molar-refractivity contribution is -0.120. The predicted molar refractivity (Wildman–Crippen MR) is 125 cm³/mol. The van der Waals surface area contributed by atoms with Crippen LogP contribution in [0, 0.1) is 0 Å². The van der Waals surface area contributed by atoms with Crippen LogP contribution in [0.3, 0.4) is 0 Å². The van der Waals surface area contributed by atoms with Crippen LogP contribution < -0.4 is 5.32 Å². The number of carbonyl (C=O) groups is 1. The number of aromatic nitrogens is 2. The molecular weight excluding hydrogens is 448 g/mol. The summed E-state index contributed by atoms with van der Waals surface area (Å²) in [5, 5.41) is 3.37. The molecule has 176 valence electrons. The van der Waals surface area contributed by atoms with Gasteiger partial charge in [-0.25, -0.2) is 13.4 Å². The lowest BCUT2D eigenvalue weighted by Gasteiger charge is -2.25. The number of nitrogens with one attached hydrogen (secondary N) is 1. The van der Waals surface area contributed by atoms with Gasteiger partial charge < -0.3 is 14.6 Å². The molecule has 2 fully saturated rings. The molecule has 1 aromatic carbocycles. The summed E-state index contributed by atoms with van der Waals surface area (Å²) < 4.78 is 35.3. The molecule has 1 amide bonds. The van der Waals surface area contributed by atoms with E-state index in [1.807, 2.05) is 24.5 Å². The number of sulfonamides is 1. The molecule has 2 aliphatic heterocycles. The molecule has 1 aromatic heterocycles. The van der Waals surface area contributed by atoms with Gasteiger partial charge >= 0.3 is 0 Å². The molecule has 32 heavy (non-hydrogen) atoms. The highest BCUT2D eigenvalue weighted by Crippen LogP contribution is 2.30. The first kappa shape index (κ1) is 23.5. The Labute approximate surface area is 194 Å². The number of fused-ring (bicyclic) bond motifs is 1. The molecule has 2 atom stereocenters. The Morgan fingerprint density at radius 1 is 1.28 bits per heavy atom. The summed E-state index contributed by atoms with van der Waals surface area (Å²) in [5.74, 6) is -0.0476. The van der Waals surface area contributed by atoms with E-state index in [1.165, 1.54) is 11.8 Å². The Balaban J connectivity index is 1.51. The van der Waals surface area contributed by atoms with Crippen molar-refractivity contribution in [2.75, 3.05) is 26.2 Å². The first-order chi connectivity index (χ1) is 15.4. The van der Waals surface area contributed by atoms with Gasteiger partial charge in [0.15, 0.2) is 5.16 Å². The van der Waals surface area contributed by atoms with E-state index in [1.54, 1.807) is 16.4 Å². The smallest absolute Gasteiger partial charge is 0.243 e. The minimum Gasteiger partial charge on any atom is -0.376 e. The number of amides is 1. The van der Waals surface area contributed by atoms with Gasteiger partial charge in [0.1, 0.15) is 0 Å². The molecular formula is C22H32N4O4S2. The van der Waals surface area contributed by atoms with Gasteiger partial charge in [0.25, 0.3) is 0 Å². The first-order valence-corrected chi connectivity index (χ1v) is 13.8. The second-order valence-corrected chi connectivity index (χ2v) is 11.6. The summed E-state index contributed by atoms with van der Waals surface area (Å²) in [4.78, 5) is 17.6. The van der Waals surface area contributed by atoms with Gasteiger partial charge in [-0.3, -0.25) is 4.79 Å². The number of thioether (sulfide) groups is 1. The summed E-state index contributed by atoms with van der Waals surface area (Å²) in [6.07, 6.45) is 5.01. The number of piperidine rings is 1. The highest BCUT2D eigenvalue weighted by atomic mass is 32.2. The lowest BCUT2D eigenvalue weighted by atomic mass is 10.2.